The van der Waals surface area contributed by atoms with Crippen molar-refractivity contribution < 1.29 is 4.74 Å². The van der Waals surface area contributed by atoms with Crippen LogP contribution in [0.15, 0.2) is 91.3 Å². The molecule has 0 aliphatic carbocycles. The maximum absolute atomic E-state index is 5.46. The molecule has 2 aromatic carbocycles. The molecule has 0 spiro atoms. The molecule has 1 aliphatic heterocycles. The Morgan fingerprint density at radius 3 is 2.57 bits per heavy atom. The Kier molecular flexibility index (Phi) is 9.94. The Balaban J connectivity index is 1.05. The first-order chi connectivity index (χ1) is 21.6. The topological polar surface area (TPSA) is 81.3 Å². The third-order valence-corrected chi connectivity index (χ3v) is 8.49. The second-order valence-corrected chi connectivity index (χ2v) is 11.7. The Morgan fingerprint density at radius 1 is 0.977 bits per heavy atom. The van der Waals surface area contributed by atoms with Crippen LogP contribution >= 0.6 is 0 Å². The molecule has 8 nitrogen and oxygen atoms in total. The SMILES string of the molecule is COc1ccc2[nH]c3c(c2c1)CCN(Cc1ccc(CN(CCNCc2ccccn2)CNC(C)c2ccccn2)cc1)C3. The molecule has 0 fully saturated rings. The average Bonchev–Trinajstić information content (AvgIpc) is 3.44. The van der Waals surface area contributed by atoms with Crippen LogP contribution in [0.5, 0.6) is 5.75 Å². The van der Waals surface area contributed by atoms with Gasteiger partial charge in [0.2, 0.25) is 0 Å². The fraction of sp³-hybridized carbons (Fsp3) is 0.333. The second kappa shape index (κ2) is 14.6. The number of methoxy groups -OCH3 is 1. The average molecular weight is 590 g/mol. The van der Waals surface area contributed by atoms with Crippen molar-refractivity contribution in [3.8, 4) is 5.75 Å². The number of benzene rings is 2. The summed E-state index contributed by atoms with van der Waals surface area (Å²) in [5, 5.41) is 8.52. The lowest BCUT2D eigenvalue weighted by Crippen LogP contribution is -2.39. The number of rotatable bonds is 14. The van der Waals surface area contributed by atoms with E-state index < -0.39 is 0 Å². The predicted octanol–water partition coefficient (Wildman–Crippen LogP) is 5.42. The minimum atomic E-state index is 0.173. The van der Waals surface area contributed by atoms with Crippen LogP contribution in [0.2, 0.25) is 0 Å². The van der Waals surface area contributed by atoms with Crippen LogP contribution in [-0.2, 0) is 32.6 Å². The van der Waals surface area contributed by atoms with E-state index in [9.17, 15) is 0 Å². The molecule has 0 bridgehead atoms. The van der Waals surface area contributed by atoms with E-state index in [0.717, 1.165) is 76.0 Å². The van der Waals surface area contributed by atoms with Crippen LogP contribution in [0.1, 0.15) is 46.7 Å². The Morgan fingerprint density at radius 2 is 1.80 bits per heavy atom. The van der Waals surface area contributed by atoms with Gasteiger partial charge in [0.15, 0.2) is 0 Å². The summed E-state index contributed by atoms with van der Waals surface area (Å²) in [5.74, 6) is 0.916. The van der Waals surface area contributed by atoms with Crippen molar-refractivity contribution in [3.63, 3.8) is 0 Å². The van der Waals surface area contributed by atoms with Crippen molar-refractivity contribution in [2.75, 3.05) is 33.4 Å². The first kappa shape index (κ1) is 30.0. The van der Waals surface area contributed by atoms with Gasteiger partial charge in [-0.1, -0.05) is 36.4 Å². The van der Waals surface area contributed by atoms with Gasteiger partial charge in [-0.05, 0) is 72.5 Å². The van der Waals surface area contributed by atoms with Crippen LogP contribution < -0.4 is 15.4 Å². The monoisotopic (exact) mass is 589 g/mol. The molecule has 228 valence electrons. The van der Waals surface area contributed by atoms with Crippen molar-refractivity contribution in [3.05, 3.63) is 125 Å². The van der Waals surface area contributed by atoms with Crippen LogP contribution in [0.25, 0.3) is 10.9 Å². The quantitative estimate of drug-likeness (QED) is 0.118. The number of nitrogens with one attached hydrogen (secondary N) is 3. The van der Waals surface area contributed by atoms with Crippen LogP contribution in [0, 0.1) is 0 Å². The lowest BCUT2D eigenvalue weighted by molar-refractivity contribution is 0.233. The molecule has 6 rings (SSSR count). The fourth-order valence-corrected chi connectivity index (χ4v) is 5.98. The highest BCUT2D eigenvalue weighted by Crippen LogP contribution is 2.30. The predicted molar refractivity (Wildman–Crippen MR) is 176 cm³/mol. The molecule has 3 N–H and O–H groups in total. The lowest BCUT2D eigenvalue weighted by atomic mass is 10.0. The normalized spacial score (nSPS) is 14.2. The highest BCUT2D eigenvalue weighted by atomic mass is 16.5. The Bertz CT molecular complexity index is 1600. The number of fused-ring (bicyclic) bond motifs is 3. The van der Waals surface area contributed by atoms with Gasteiger partial charge in [0.1, 0.15) is 5.75 Å². The molecule has 1 aliphatic rings. The number of H-pyrrole nitrogens is 1. The van der Waals surface area contributed by atoms with Crippen molar-refractivity contribution in [2.24, 2.45) is 0 Å². The summed E-state index contributed by atoms with van der Waals surface area (Å²) in [7, 11) is 1.73. The first-order valence-electron chi connectivity index (χ1n) is 15.6. The van der Waals surface area contributed by atoms with E-state index in [4.69, 9.17) is 4.74 Å². The summed E-state index contributed by atoms with van der Waals surface area (Å²) in [4.78, 5) is 17.6. The minimum Gasteiger partial charge on any atom is -0.497 e. The summed E-state index contributed by atoms with van der Waals surface area (Å²) in [5.41, 5.74) is 8.74. The third kappa shape index (κ3) is 7.70. The third-order valence-electron chi connectivity index (χ3n) is 8.49. The van der Waals surface area contributed by atoms with Crippen LogP contribution in [0.4, 0.5) is 0 Å². The van der Waals surface area contributed by atoms with Crippen molar-refractivity contribution >= 4 is 10.9 Å². The molecule has 8 heteroatoms. The first-order valence-corrected chi connectivity index (χ1v) is 15.6. The molecule has 0 saturated heterocycles. The van der Waals surface area contributed by atoms with Crippen molar-refractivity contribution in [1.29, 1.82) is 0 Å². The summed E-state index contributed by atoms with van der Waals surface area (Å²) in [6.07, 6.45) is 4.75. The standard InChI is InChI=1S/C36H43N7O/c1-27(34-8-4-6-17-39-34)40-26-43(20-18-37-22-30-7-3-5-16-38-30)24-29-11-9-28(10-12-29)23-42-19-15-32-33-21-31(44-2)13-14-35(33)41-36(32)25-42/h3-14,16-17,21,27,37,40-41H,15,18-20,22-26H2,1-2H3. The molecule has 0 radical (unpaired) electrons. The number of hydrogen-bond acceptors (Lipinski definition) is 7. The van der Waals surface area contributed by atoms with Crippen molar-refractivity contribution in [1.82, 2.24) is 35.4 Å². The fourth-order valence-electron chi connectivity index (χ4n) is 5.98. The number of nitrogens with zero attached hydrogens (tertiary/aromatic N) is 4. The van der Waals surface area contributed by atoms with E-state index in [1.807, 2.05) is 42.7 Å². The van der Waals surface area contributed by atoms with Gasteiger partial charge < -0.3 is 15.0 Å². The highest BCUT2D eigenvalue weighted by Gasteiger charge is 2.21. The molecule has 1 unspecified atom stereocenters. The van der Waals surface area contributed by atoms with Gasteiger partial charge in [-0.3, -0.25) is 25.1 Å². The lowest BCUT2D eigenvalue weighted by Gasteiger charge is -2.27. The van der Waals surface area contributed by atoms with E-state index >= 15 is 0 Å². The largest absolute Gasteiger partial charge is 0.497 e. The maximum atomic E-state index is 5.46. The Hall–Kier alpha value is -4.08. The number of pyridine rings is 2. The maximum Gasteiger partial charge on any atom is 0.119 e. The Labute approximate surface area is 260 Å². The van der Waals surface area contributed by atoms with E-state index in [2.05, 4.69) is 90.8 Å². The molecule has 0 amide bonds. The van der Waals surface area contributed by atoms with Gasteiger partial charge in [-0.2, -0.15) is 0 Å². The number of hydrogen-bond donors (Lipinski definition) is 3. The summed E-state index contributed by atoms with van der Waals surface area (Å²) >= 11 is 0. The van der Waals surface area contributed by atoms with Gasteiger partial charge in [0.05, 0.1) is 18.5 Å². The molecule has 0 saturated carbocycles. The van der Waals surface area contributed by atoms with E-state index in [1.165, 1.54) is 33.3 Å². The summed E-state index contributed by atoms with van der Waals surface area (Å²) < 4.78 is 5.46. The molecule has 1 atom stereocenters. The molecule has 44 heavy (non-hydrogen) atoms. The molecular formula is C36H43N7O. The van der Waals surface area contributed by atoms with Crippen LogP contribution in [-0.4, -0.2) is 58.2 Å². The number of aromatic nitrogens is 3. The van der Waals surface area contributed by atoms with Crippen molar-refractivity contribution in [2.45, 2.75) is 45.6 Å². The number of ether oxygens (including phenoxy) is 1. The summed E-state index contributed by atoms with van der Waals surface area (Å²) in [6.45, 7) is 9.33. The van der Waals surface area contributed by atoms with E-state index in [0.29, 0.717) is 0 Å². The molecule has 5 aromatic rings. The smallest absolute Gasteiger partial charge is 0.119 e. The number of aromatic amines is 1. The zero-order chi connectivity index (χ0) is 30.1. The van der Waals surface area contributed by atoms with Gasteiger partial charge in [0.25, 0.3) is 0 Å². The molecular weight excluding hydrogens is 546 g/mol. The van der Waals surface area contributed by atoms with Gasteiger partial charge in [-0.25, -0.2) is 0 Å². The second-order valence-electron chi connectivity index (χ2n) is 11.7. The highest BCUT2D eigenvalue weighted by molar-refractivity contribution is 5.86. The molecule has 3 aromatic heterocycles. The zero-order valence-electron chi connectivity index (χ0n) is 25.8. The van der Waals surface area contributed by atoms with Crippen LogP contribution in [0.3, 0.4) is 0 Å². The van der Waals surface area contributed by atoms with Gasteiger partial charge in [0, 0.05) is 87.5 Å². The molecule has 4 heterocycles. The zero-order valence-corrected chi connectivity index (χ0v) is 25.8. The van der Waals surface area contributed by atoms with Gasteiger partial charge >= 0.3 is 0 Å². The summed E-state index contributed by atoms with van der Waals surface area (Å²) in [6, 6.07) is 27.8. The van der Waals surface area contributed by atoms with E-state index in [1.54, 1.807) is 7.11 Å². The van der Waals surface area contributed by atoms with Gasteiger partial charge in [-0.15, -0.1) is 0 Å². The van der Waals surface area contributed by atoms with E-state index in [-0.39, 0.29) is 6.04 Å². The minimum absolute atomic E-state index is 0.173.